The largest absolute Gasteiger partial charge is 0.494 e. The third-order valence-electron chi connectivity index (χ3n) is 4.80. The molecule has 0 saturated carbocycles. The molecule has 1 aromatic heterocycles. The zero-order chi connectivity index (χ0) is 18.4. The van der Waals surface area contributed by atoms with Crippen molar-refractivity contribution in [1.29, 1.82) is 0 Å². The van der Waals surface area contributed by atoms with Gasteiger partial charge in [-0.15, -0.1) is 0 Å². The maximum atomic E-state index is 13.1. The zero-order valence-corrected chi connectivity index (χ0v) is 15.6. The first-order valence-electron chi connectivity index (χ1n) is 9.43. The topological polar surface area (TPSA) is 17.4 Å². The van der Waals surface area contributed by atoms with Gasteiger partial charge in [-0.2, -0.15) is 0 Å². The van der Waals surface area contributed by atoms with Gasteiger partial charge in [0.15, 0.2) is 0 Å². The molecule has 0 aliphatic carbocycles. The lowest BCUT2D eigenvalue weighted by Crippen LogP contribution is -2.24. The van der Waals surface area contributed by atoms with Gasteiger partial charge in [-0.25, -0.2) is 4.39 Å². The predicted octanol–water partition coefficient (Wildman–Crippen LogP) is 5.27. The fourth-order valence-electron chi connectivity index (χ4n) is 3.20. The van der Waals surface area contributed by atoms with E-state index in [1.807, 2.05) is 12.3 Å². The molecule has 2 aromatic carbocycles. The number of nitrogens with zero attached hydrogens (tertiary/aromatic N) is 2. The Hall–Kier alpha value is -2.33. The maximum absolute atomic E-state index is 13.1. The van der Waals surface area contributed by atoms with E-state index in [-0.39, 0.29) is 5.82 Å². The number of hydrogen-bond donors (Lipinski definition) is 0. The summed E-state index contributed by atoms with van der Waals surface area (Å²) in [5, 5.41) is 1.12. The first-order valence-corrected chi connectivity index (χ1v) is 9.43. The molecule has 0 saturated heterocycles. The van der Waals surface area contributed by atoms with Crippen LogP contribution in [-0.2, 0) is 0 Å². The van der Waals surface area contributed by atoms with Crippen LogP contribution in [-0.4, -0.2) is 35.7 Å². The van der Waals surface area contributed by atoms with Crippen molar-refractivity contribution in [2.24, 2.45) is 0 Å². The third kappa shape index (κ3) is 4.44. The SMILES string of the molecule is CCN(CC)CCCCOc1ccc2c(ccn2-c2ccc(F)cc2)c1. The van der Waals surface area contributed by atoms with Crippen LogP contribution in [0.5, 0.6) is 5.75 Å². The molecule has 3 nitrogen and oxygen atoms in total. The summed E-state index contributed by atoms with van der Waals surface area (Å²) in [6.07, 6.45) is 4.22. The Labute approximate surface area is 155 Å². The Bertz CT molecular complexity index is 822. The van der Waals surface area contributed by atoms with Crippen LogP contribution in [0, 0.1) is 5.82 Å². The maximum Gasteiger partial charge on any atom is 0.123 e. The van der Waals surface area contributed by atoms with Crippen molar-refractivity contribution < 1.29 is 9.13 Å². The van der Waals surface area contributed by atoms with E-state index in [0.29, 0.717) is 0 Å². The molecular formula is C22H27FN2O. The lowest BCUT2D eigenvalue weighted by atomic mass is 10.2. The van der Waals surface area contributed by atoms with Gasteiger partial charge in [0.1, 0.15) is 11.6 Å². The minimum absolute atomic E-state index is 0.220. The lowest BCUT2D eigenvalue weighted by molar-refractivity contribution is 0.266. The highest BCUT2D eigenvalue weighted by atomic mass is 19.1. The molecule has 3 rings (SSSR count). The van der Waals surface area contributed by atoms with Gasteiger partial charge in [-0.3, -0.25) is 0 Å². The average Bonchev–Trinajstić information content (AvgIpc) is 3.08. The van der Waals surface area contributed by atoms with Crippen molar-refractivity contribution in [3.05, 3.63) is 60.5 Å². The summed E-state index contributed by atoms with van der Waals surface area (Å²) in [5.41, 5.74) is 2.04. The standard InChI is InChI=1S/C22H27FN2O/c1-3-24(4-2)14-5-6-16-26-21-11-12-22-18(17-21)13-15-25(22)20-9-7-19(23)8-10-20/h7-13,15,17H,3-6,14,16H2,1-2H3. The van der Waals surface area contributed by atoms with E-state index in [9.17, 15) is 4.39 Å². The monoisotopic (exact) mass is 354 g/mol. The Morgan fingerprint density at radius 3 is 2.46 bits per heavy atom. The Kier molecular flexibility index (Phi) is 6.29. The van der Waals surface area contributed by atoms with E-state index in [1.54, 1.807) is 12.1 Å². The molecule has 0 unspecified atom stereocenters. The van der Waals surface area contributed by atoms with Gasteiger partial charge in [0, 0.05) is 17.3 Å². The molecule has 0 N–H and O–H groups in total. The van der Waals surface area contributed by atoms with Crippen molar-refractivity contribution in [1.82, 2.24) is 9.47 Å². The molecule has 1 heterocycles. The van der Waals surface area contributed by atoms with E-state index in [2.05, 4.69) is 41.5 Å². The minimum atomic E-state index is -0.220. The van der Waals surface area contributed by atoms with Gasteiger partial charge in [0.25, 0.3) is 0 Å². The highest BCUT2D eigenvalue weighted by molar-refractivity contribution is 5.83. The van der Waals surface area contributed by atoms with E-state index in [0.717, 1.165) is 61.4 Å². The second kappa shape index (κ2) is 8.86. The van der Waals surface area contributed by atoms with Gasteiger partial charge in [0.05, 0.1) is 12.1 Å². The lowest BCUT2D eigenvalue weighted by Gasteiger charge is -2.17. The van der Waals surface area contributed by atoms with Crippen LogP contribution < -0.4 is 4.74 Å². The van der Waals surface area contributed by atoms with E-state index in [1.165, 1.54) is 12.1 Å². The first-order chi connectivity index (χ1) is 12.7. The Balaban J connectivity index is 1.59. The number of rotatable bonds is 9. The second-order valence-electron chi connectivity index (χ2n) is 6.47. The van der Waals surface area contributed by atoms with Gasteiger partial charge < -0.3 is 14.2 Å². The predicted molar refractivity (Wildman–Crippen MR) is 106 cm³/mol. The quantitative estimate of drug-likeness (QED) is 0.487. The molecule has 3 aromatic rings. The Morgan fingerprint density at radius 2 is 1.73 bits per heavy atom. The normalized spacial score (nSPS) is 11.4. The van der Waals surface area contributed by atoms with Gasteiger partial charge in [0.2, 0.25) is 0 Å². The fourth-order valence-corrected chi connectivity index (χ4v) is 3.20. The fraction of sp³-hybridized carbons (Fsp3) is 0.364. The smallest absolute Gasteiger partial charge is 0.123 e. The molecular weight excluding hydrogens is 327 g/mol. The molecule has 0 spiro atoms. The molecule has 0 bridgehead atoms. The van der Waals surface area contributed by atoms with Crippen molar-refractivity contribution in [3.8, 4) is 11.4 Å². The molecule has 138 valence electrons. The van der Waals surface area contributed by atoms with Gasteiger partial charge in [-0.05, 0) is 81.0 Å². The molecule has 0 atom stereocenters. The molecule has 26 heavy (non-hydrogen) atoms. The van der Waals surface area contributed by atoms with Crippen LogP contribution in [0.2, 0.25) is 0 Å². The number of fused-ring (bicyclic) bond motifs is 1. The van der Waals surface area contributed by atoms with Crippen molar-refractivity contribution in [3.63, 3.8) is 0 Å². The molecule has 0 fully saturated rings. The molecule has 0 amide bonds. The number of benzene rings is 2. The summed E-state index contributed by atoms with van der Waals surface area (Å²) in [4.78, 5) is 2.43. The summed E-state index contributed by atoms with van der Waals surface area (Å²) in [7, 11) is 0. The molecule has 0 aliphatic heterocycles. The number of halogens is 1. The van der Waals surface area contributed by atoms with E-state index >= 15 is 0 Å². The van der Waals surface area contributed by atoms with Crippen molar-refractivity contribution in [2.75, 3.05) is 26.2 Å². The zero-order valence-electron chi connectivity index (χ0n) is 15.6. The van der Waals surface area contributed by atoms with Gasteiger partial charge >= 0.3 is 0 Å². The highest BCUT2D eigenvalue weighted by Crippen LogP contribution is 2.25. The summed E-state index contributed by atoms with van der Waals surface area (Å²) >= 11 is 0. The second-order valence-corrected chi connectivity index (χ2v) is 6.47. The number of unbranched alkanes of at least 4 members (excludes halogenated alkanes) is 1. The van der Waals surface area contributed by atoms with E-state index in [4.69, 9.17) is 4.74 Å². The van der Waals surface area contributed by atoms with Crippen LogP contribution in [0.3, 0.4) is 0 Å². The summed E-state index contributed by atoms with van der Waals surface area (Å²) in [6, 6.07) is 14.7. The minimum Gasteiger partial charge on any atom is -0.494 e. The highest BCUT2D eigenvalue weighted by Gasteiger charge is 2.05. The molecule has 0 radical (unpaired) electrons. The number of aromatic nitrogens is 1. The summed E-state index contributed by atoms with van der Waals surface area (Å²) < 4.78 is 21.1. The average molecular weight is 354 g/mol. The van der Waals surface area contributed by atoms with Crippen LogP contribution in [0.4, 0.5) is 4.39 Å². The van der Waals surface area contributed by atoms with Crippen molar-refractivity contribution in [2.45, 2.75) is 26.7 Å². The first kappa shape index (κ1) is 18.5. The van der Waals surface area contributed by atoms with Crippen LogP contribution in [0.25, 0.3) is 16.6 Å². The van der Waals surface area contributed by atoms with Crippen LogP contribution in [0.1, 0.15) is 26.7 Å². The molecule has 4 heteroatoms. The third-order valence-corrected chi connectivity index (χ3v) is 4.80. The van der Waals surface area contributed by atoms with Crippen molar-refractivity contribution >= 4 is 10.9 Å². The Morgan fingerprint density at radius 1 is 0.962 bits per heavy atom. The van der Waals surface area contributed by atoms with E-state index < -0.39 is 0 Å². The summed E-state index contributed by atoms with van der Waals surface area (Å²) in [5.74, 6) is 0.680. The summed E-state index contributed by atoms with van der Waals surface area (Å²) in [6.45, 7) is 8.50. The van der Waals surface area contributed by atoms with Crippen LogP contribution >= 0.6 is 0 Å². The molecule has 0 aliphatic rings. The number of hydrogen-bond acceptors (Lipinski definition) is 2. The number of ether oxygens (including phenoxy) is 1. The van der Waals surface area contributed by atoms with Crippen LogP contribution in [0.15, 0.2) is 54.7 Å². The van der Waals surface area contributed by atoms with Gasteiger partial charge in [-0.1, -0.05) is 13.8 Å².